The summed E-state index contributed by atoms with van der Waals surface area (Å²) in [7, 11) is -1.47. The molecule has 8 heteroatoms. The van der Waals surface area contributed by atoms with Gasteiger partial charge in [0, 0.05) is 32.2 Å². The van der Waals surface area contributed by atoms with Crippen LogP contribution in [0.25, 0.3) is 0 Å². The zero-order valence-corrected chi connectivity index (χ0v) is 19.9. The van der Waals surface area contributed by atoms with E-state index in [2.05, 4.69) is 50.3 Å². The van der Waals surface area contributed by atoms with E-state index in [1.54, 1.807) is 7.05 Å². The first-order valence-electron chi connectivity index (χ1n) is 9.17. The molecule has 1 aromatic rings. The zero-order valence-electron chi connectivity index (χ0n) is 16.7. The minimum absolute atomic E-state index is 0. The minimum Gasteiger partial charge on any atom is -0.354 e. The molecular formula is C19H33IN4O2S. The van der Waals surface area contributed by atoms with Crippen molar-refractivity contribution in [3.05, 3.63) is 35.9 Å². The molecule has 27 heavy (non-hydrogen) atoms. The fraction of sp³-hybridized carbons (Fsp3) is 0.632. The minimum atomic E-state index is -3.24. The second-order valence-electron chi connectivity index (χ2n) is 7.78. The van der Waals surface area contributed by atoms with Crippen LogP contribution in [0.3, 0.4) is 0 Å². The van der Waals surface area contributed by atoms with Gasteiger partial charge in [-0.3, -0.25) is 4.99 Å². The van der Waals surface area contributed by atoms with Gasteiger partial charge in [-0.15, -0.1) is 24.0 Å². The van der Waals surface area contributed by atoms with Crippen LogP contribution in [0.2, 0.25) is 0 Å². The molecule has 1 heterocycles. The maximum atomic E-state index is 11.5. The maximum Gasteiger partial charge on any atom is 0.209 e. The van der Waals surface area contributed by atoms with Gasteiger partial charge in [0.25, 0.3) is 0 Å². The third kappa shape index (κ3) is 8.78. The Morgan fingerprint density at radius 2 is 1.81 bits per heavy atom. The van der Waals surface area contributed by atoms with Crippen LogP contribution in [-0.2, 0) is 16.4 Å². The van der Waals surface area contributed by atoms with Crippen molar-refractivity contribution in [2.45, 2.75) is 38.6 Å². The van der Waals surface area contributed by atoms with Gasteiger partial charge in [-0.2, -0.15) is 0 Å². The predicted octanol–water partition coefficient (Wildman–Crippen LogP) is 2.46. The number of guanidine groups is 1. The van der Waals surface area contributed by atoms with Gasteiger partial charge in [-0.05, 0) is 44.6 Å². The second kappa shape index (κ2) is 10.6. The highest BCUT2D eigenvalue weighted by atomic mass is 127. The van der Waals surface area contributed by atoms with E-state index in [0.717, 1.165) is 38.3 Å². The van der Waals surface area contributed by atoms with Gasteiger partial charge in [-0.1, -0.05) is 30.3 Å². The number of nitrogens with zero attached hydrogens (tertiary/aromatic N) is 2. The number of aliphatic imine (C=N–C) groups is 1. The normalized spacial score (nSPS) is 16.7. The molecule has 0 bridgehead atoms. The third-order valence-electron chi connectivity index (χ3n) is 4.64. The van der Waals surface area contributed by atoms with E-state index in [9.17, 15) is 8.42 Å². The van der Waals surface area contributed by atoms with Gasteiger partial charge in [0.15, 0.2) is 5.96 Å². The van der Waals surface area contributed by atoms with Crippen LogP contribution < -0.4 is 10.0 Å². The van der Waals surface area contributed by atoms with Gasteiger partial charge in [0.2, 0.25) is 10.0 Å². The van der Waals surface area contributed by atoms with E-state index in [0.29, 0.717) is 12.5 Å². The molecule has 1 saturated heterocycles. The van der Waals surface area contributed by atoms with Crippen LogP contribution in [0.15, 0.2) is 35.3 Å². The van der Waals surface area contributed by atoms with Crippen molar-refractivity contribution in [3.8, 4) is 0 Å². The molecule has 0 saturated carbocycles. The summed E-state index contributed by atoms with van der Waals surface area (Å²) in [6, 6.07) is 10.7. The number of sulfonamides is 1. The highest BCUT2D eigenvalue weighted by Gasteiger charge is 2.25. The van der Waals surface area contributed by atoms with Crippen LogP contribution >= 0.6 is 24.0 Å². The average molecular weight is 508 g/mol. The number of rotatable bonds is 6. The Balaban J connectivity index is 0.00000364. The summed E-state index contributed by atoms with van der Waals surface area (Å²) in [5.74, 6) is 1.54. The van der Waals surface area contributed by atoms with E-state index >= 15 is 0 Å². The lowest BCUT2D eigenvalue weighted by Gasteiger charge is -2.35. The largest absolute Gasteiger partial charge is 0.354 e. The number of nitrogens with one attached hydrogen (secondary N) is 2. The van der Waals surface area contributed by atoms with Crippen molar-refractivity contribution in [3.63, 3.8) is 0 Å². The summed E-state index contributed by atoms with van der Waals surface area (Å²) in [5.41, 5.74) is 0.830. The standard InChI is InChI=1S/C19H32N4O2S.HI/c1-19(2,22-26(4,24)25)15-21-18(20-3)23-12-10-17(11-13-23)14-16-8-6-5-7-9-16;/h5-9,17,22H,10-15H2,1-4H3,(H,20,21);1H. The highest BCUT2D eigenvalue weighted by molar-refractivity contribution is 14.0. The first-order chi connectivity index (χ1) is 12.2. The summed E-state index contributed by atoms with van der Waals surface area (Å²) >= 11 is 0. The highest BCUT2D eigenvalue weighted by Crippen LogP contribution is 2.21. The maximum absolute atomic E-state index is 11.5. The number of likely N-dealkylation sites (tertiary alicyclic amines) is 1. The molecule has 0 aromatic heterocycles. The quantitative estimate of drug-likeness (QED) is 0.352. The van der Waals surface area contributed by atoms with Crippen molar-refractivity contribution >= 4 is 40.0 Å². The Hall–Kier alpha value is -0.870. The summed E-state index contributed by atoms with van der Waals surface area (Å²) in [6.45, 7) is 6.14. The zero-order chi connectivity index (χ0) is 19.2. The molecule has 0 spiro atoms. The molecule has 0 radical (unpaired) electrons. The van der Waals surface area contributed by atoms with Crippen molar-refractivity contribution in [2.24, 2.45) is 10.9 Å². The molecule has 2 N–H and O–H groups in total. The van der Waals surface area contributed by atoms with Crippen molar-refractivity contribution in [2.75, 3.05) is 32.9 Å². The Kier molecular flexibility index (Phi) is 9.50. The summed E-state index contributed by atoms with van der Waals surface area (Å²) in [6.07, 6.45) is 4.59. The molecule has 0 atom stereocenters. The summed E-state index contributed by atoms with van der Waals surface area (Å²) in [4.78, 5) is 6.64. The second-order valence-corrected chi connectivity index (χ2v) is 9.53. The molecular weight excluding hydrogens is 475 g/mol. The molecule has 1 fully saturated rings. The molecule has 1 aliphatic heterocycles. The number of hydrogen-bond donors (Lipinski definition) is 2. The molecule has 1 aromatic carbocycles. The lowest BCUT2D eigenvalue weighted by atomic mass is 9.90. The lowest BCUT2D eigenvalue weighted by Crippen LogP contribution is -2.54. The Bertz CT molecular complexity index is 700. The van der Waals surface area contributed by atoms with Gasteiger partial charge in [0.05, 0.1) is 6.26 Å². The van der Waals surface area contributed by atoms with E-state index in [1.165, 1.54) is 11.8 Å². The Morgan fingerprint density at radius 1 is 1.22 bits per heavy atom. The topological polar surface area (TPSA) is 73.8 Å². The van der Waals surface area contributed by atoms with Crippen LogP contribution in [-0.4, -0.2) is 57.8 Å². The number of piperidine rings is 1. The number of halogens is 1. The van der Waals surface area contributed by atoms with Crippen molar-refractivity contribution in [1.82, 2.24) is 14.9 Å². The molecule has 1 aliphatic rings. The first kappa shape index (κ1) is 24.2. The van der Waals surface area contributed by atoms with Gasteiger partial charge >= 0.3 is 0 Å². The van der Waals surface area contributed by atoms with E-state index in [-0.39, 0.29) is 24.0 Å². The fourth-order valence-corrected chi connectivity index (χ4v) is 4.54. The smallest absolute Gasteiger partial charge is 0.209 e. The third-order valence-corrected chi connectivity index (χ3v) is 5.57. The van der Waals surface area contributed by atoms with E-state index in [1.807, 2.05) is 13.8 Å². The van der Waals surface area contributed by atoms with Gasteiger partial charge in [-0.25, -0.2) is 13.1 Å². The molecule has 154 valence electrons. The predicted molar refractivity (Wildman–Crippen MR) is 123 cm³/mol. The lowest BCUT2D eigenvalue weighted by molar-refractivity contribution is 0.257. The fourth-order valence-electron chi connectivity index (χ4n) is 3.47. The molecule has 2 rings (SSSR count). The van der Waals surface area contributed by atoms with Crippen LogP contribution in [0.1, 0.15) is 32.3 Å². The first-order valence-corrected chi connectivity index (χ1v) is 11.1. The summed E-state index contributed by atoms with van der Waals surface area (Å²) < 4.78 is 25.6. The van der Waals surface area contributed by atoms with E-state index in [4.69, 9.17) is 0 Å². The van der Waals surface area contributed by atoms with Gasteiger partial charge in [0.1, 0.15) is 0 Å². The van der Waals surface area contributed by atoms with Gasteiger partial charge < -0.3 is 10.2 Å². The SMILES string of the molecule is CN=C(NCC(C)(C)NS(C)(=O)=O)N1CCC(Cc2ccccc2)CC1.I. The van der Waals surface area contributed by atoms with Crippen molar-refractivity contribution in [1.29, 1.82) is 0 Å². The van der Waals surface area contributed by atoms with Crippen molar-refractivity contribution < 1.29 is 8.42 Å². The molecule has 0 unspecified atom stereocenters. The van der Waals surface area contributed by atoms with Crippen LogP contribution in [0.4, 0.5) is 0 Å². The molecule has 6 nitrogen and oxygen atoms in total. The molecule has 0 aliphatic carbocycles. The van der Waals surface area contributed by atoms with Crippen LogP contribution in [0, 0.1) is 5.92 Å². The summed E-state index contributed by atoms with van der Waals surface area (Å²) in [5, 5.41) is 3.32. The van der Waals surface area contributed by atoms with E-state index < -0.39 is 15.6 Å². The Labute approximate surface area is 181 Å². The Morgan fingerprint density at radius 3 is 2.33 bits per heavy atom. The average Bonchev–Trinajstić information content (AvgIpc) is 2.55. The van der Waals surface area contributed by atoms with Crippen LogP contribution in [0.5, 0.6) is 0 Å². The molecule has 0 amide bonds. The monoisotopic (exact) mass is 508 g/mol. The number of hydrogen-bond acceptors (Lipinski definition) is 3. The number of benzene rings is 1.